The van der Waals surface area contributed by atoms with Crippen LogP contribution >= 0.6 is 0 Å². The fraction of sp³-hybridized carbons (Fsp3) is 0.478. The van der Waals surface area contributed by atoms with Crippen molar-refractivity contribution in [3.05, 3.63) is 70.2 Å². The zero-order valence-corrected chi connectivity index (χ0v) is 18.2. The van der Waals surface area contributed by atoms with Crippen molar-refractivity contribution in [2.45, 2.75) is 65.2 Å². The lowest BCUT2D eigenvalue weighted by Crippen LogP contribution is -2.36. The van der Waals surface area contributed by atoms with E-state index < -0.39 is 0 Å². The highest BCUT2D eigenvalue weighted by Gasteiger charge is 2.22. The van der Waals surface area contributed by atoms with E-state index in [4.69, 9.17) is 0 Å². The van der Waals surface area contributed by atoms with Crippen LogP contribution in [-0.4, -0.2) is 36.1 Å². The number of aromatic nitrogens is 5. The topological polar surface area (TPSA) is 86.7 Å². The molecule has 1 N–H and O–H groups in total. The molecule has 0 bridgehead atoms. The van der Waals surface area contributed by atoms with Crippen LogP contribution in [0, 0.1) is 5.92 Å². The van der Waals surface area contributed by atoms with Gasteiger partial charge in [0, 0.05) is 43.5 Å². The quantitative estimate of drug-likeness (QED) is 0.634. The second kappa shape index (κ2) is 9.32. The minimum atomic E-state index is -0.0822. The Morgan fingerprint density at radius 2 is 2.13 bits per heavy atom. The summed E-state index contributed by atoms with van der Waals surface area (Å²) >= 11 is 0. The Hall–Kier alpha value is -3.16. The minimum absolute atomic E-state index is 0.0208. The molecular weight excluding hydrogens is 392 g/mol. The van der Waals surface area contributed by atoms with Crippen LogP contribution in [-0.2, 0) is 26.1 Å². The summed E-state index contributed by atoms with van der Waals surface area (Å²) < 4.78 is 5.20. The van der Waals surface area contributed by atoms with Crippen LogP contribution in [0.15, 0.2) is 47.5 Å². The molecule has 1 unspecified atom stereocenters. The lowest BCUT2D eigenvalue weighted by atomic mass is 10.1. The number of nitrogens with one attached hydrogen (secondary N) is 1. The van der Waals surface area contributed by atoms with Crippen molar-refractivity contribution in [1.29, 1.82) is 0 Å². The molecule has 3 heterocycles. The number of rotatable bonds is 7. The first-order valence-corrected chi connectivity index (χ1v) is 11.0. The second-order valence-electron chi connectivity index (χ2n) is 8.66. The van der Waals surface area contributed by atoms with E-state index in [1.165, 1.54) is 0 Å². The van der Waals surface area contributed by atoms with Gasteiger partial charge in [0.25, 0.3) is 5.91 Å². The molecule has 1 aliphatic rings. The molecule has 0 spiro atoms. The van der Waals surface area contributed by atoms with Gasteiger partial charge in [0.05, 0.1) is 6.54 Å². The SMILES string of the molecule is CC(C)CCn1nc2n(c1=O)CCC(NC(=O)c1cccc(Cn3cccn3)c1)CC2. The summed E-state index contributed by atoms with van der Waals surface area (Å²) in [6.07, 6.45) is 6.77. The van der Waals surface area contributed by atoms with Crippen molar-refractivity contribution in [3.63, 3.8) is 0 Å². The number of benzene rings is 1. The average molecular weight is 423 g/mol. The third-order valence-electron chi connectivity index (χ3n) is 5.76. The van der Waals surface area contributed by atoms with Gasteiger partial charge in [-0.3, -0.25) is 14.0 Å². The van der Waals surface area contributed by atoms with E-state index >= 15 is 0 Å². The third-order valence-corrected chi connectivity index (χ3v) is 5.76. The summed E-state index contributed by atoms with van der Waals surface area (Å²) in [6.45, 7) is 6.16. The summed E-state index contributed by atoms with van der Waals surface area (Å²) in [5.41, 5.74) is 1.64. The van der Waals surface area contributed by atoms with Gasteiger partial charge in [0.2, 0.25) is 0 Å². The van der Waals surface area contributed by atoms with Crippen LogP contribution in [0.4, 0.5) is 0 Å². The fourth-order valence-corrected chi connectivity index (χ4v) is 3.96. The monoisotopic (exact) mass is 422 g/mol. The predicted octanol–water partition coefficient (Wildman–Crippen LogP) is 2.47. The molecule has 0 fully saturated rings. The van der Waals surface area contributed by atoms with E-state index in [1.54, 1.807) is 15.4 Å². The molecule has 1 aromatic carbocycles. The Labute approximate surface area is 181 Å². The number of fused-ring (bicyclic) bond motifs is 1. The van der Waals surface area contributed by atoms with Crippen molar-refractivity contribution >= 4 is 5.91 Å². The Morgan fingerprint density at radius 3 is 2.90 bits per heavy atom. The number of carbonyl (C=O) groups is 1. The molecule has 1 aliphatic heterocycles. The number of carbonyl (C=O) groups excluding carboxylic acids is 1. The molecular formula is C23H30N6O2. The maximum absolute atomic E-state index is 12.8. The Kier molecular flexibility index (Phi) is 6.34. The lowest BCUT2D eigenvalue weighted by molar-refractivity contribution is 0.0932. The van der Waals surface area contributed by atoms with E-state index in [0.29, 0.717) is 37.5 Å². The van der Waals surface area contributed by atoms with Crippen molar-refractivity contribution in [2.75, 3.05) is 0 Å². The summed E-state index contributed by atoms with van der Waals surface area (Å²) in [4.78, 5) is 25.5. The van der Waals surface area contributed by atoms with E-state index in [1.807, 2.05) is 41.2 Å². The molecule has 2 aromatic heterocycles. The molecule has 1 amide bonds. The van der Waals surface area contributed by atoms with Crippen molar-refractivity contribution in [1.82, 2.24) is 29.4 Å². The van der Waals surface area contributed by atoms with Crippen LogP contribution in [0.2, 0.25) is 0 Å². The van der Waals surface area contributed by atoms with Gasteiger partial charge in [0.1, 0.15) is 5.82 Å². The molecule has 8 heteroatoms. The van der Waals surface area contributed by atoms with E-state index in [0.717, 1.165) is 30.7 Å². The van der Waals surface area contributed by atoms with Gasteiger partial charge >= 0.3 is 5.69 Å². The van der Waals surface area contributed by atoms with Gasteiger partial charge in [-0.2, -0.15) is 10.2 Å². The third kappa shape index (κ3) is 5.13. The molecule has 0 radical (unpaired) electrons. The highest BCUT2D eigenvalue weighted by atomic mass is 16.2. The smallest absolute Gasteiger partial charge is 0.345 e. The highest BCUT2D eigenvalue weighted by Crippen LogP contribution is 2.14. The Balaban J connectivity index is 1.37. The predicted molar refractivity (Wildman–Crippen MR) is 118 cm³/mol. The molecule has 0 saturated carbocycles. The molecule has 164 valence electrons. The lowest BCUT2D eigenvalue weighted by Gasteiger charge is -2.16. The first-order valence-electron chi connectivity index (χ1n) is 11.0. The number of amides is 1. The molecule has 8 nitrogen and oxygen atoms in total. The summed E-state index contributed by atoms with van der Waals surface area (Å²) in [6, 6.07) is 9.53. The first kappa shape index (κ1) is 21.1. The van der Waals surface area contributed by atoms with Gasteiger partial charge in [0.15, 0.2) is 0 Å². The highest BCUT2D eigenvalue weighted by molar-refractivity contribution is 5.94. The van der Waals surface area contributed by atoms with Gasteiger partial charge < -0.3 is 5.32 Å². The zero-order chi connectivity index (χ0) is 21.8. The van der Waals surface area contributed by atoms with Gasteiger partial charge in [-0.05, 0) is 48.9 Å². The molecule has 31 heavy (non-hydrogen) atoms. The maximum atomic E-state index is 12.8. The first-order chi connectivity index (χ1) is 15.0. The number of nitrogens with zero attached hydrogens (tertiary/aromatic N) is 5. The summed E-state index contributed by atoms with van der Waals surface area (Å²) in [5.74, 6) is 1.28. The largest absolute Gasteiger partial charge is 0.349 e. The maximum Gasteiger partial charge on any atom is 0.345 e. The minimum Gasteiger partial charge on any atom is -0.349 e. The molecule has 1 atom stereocenters. The van der Waals surface area contributed by atoms with Gasteiger partial charge in [-0.1, -0.05) is 26.0 Å². The van der Waals surface area contributed by atoms with Crippen molar-refractivity contribution in [3.8, 4) is 0 Å². The second-order valence-corrected chi connectivity index (χ2v) is 8.66. The Bertz CT molecular complexity index is 1080. The van der Waals surface area contributed by atoms with Crippen LogP contribution in [0.1, 0.15) is 54.9 Å². The average Bonchev–Trinajstić information content (AvgIpc) is 3.31. The van der Waals surface area contributed by atoms with E-state index in [-0.39, 0.29) is 17.6 Å². The standard InChI is InChI=1S/C23H30N6O2/c1-17(2)9-14-29-23(31)28-13-10-20(7-8-21(28)26-29)25-22(30)19-6-3-5-18(15-19)16-27-12-4-11-24-27/h3-6,11-12,15,17,20H,7-10,13-14,16H2,1-2H3,(H,25,30). The van der Waals surface area contributed by atoms with E-state index in [2.05, 4.69) is 29.4 Å². The van der Waals surface area contributed by atoms with Crippen LogP contribution in [0.5, 0.6) is 0 Å². The molecule has 3 aromatic rings. The summed E-state index contributed by atoms with van der Waals surface area (Å²) in [5, 5.41) is 11.9. The van der Waals surface area contributed by atoms with Crippen molar-refractivity contribution < 1.29 is 4.79 Å². The molecule has 0 aliphatic carbocycles. The Morgan fingerprint density at radius 1 is 1.26 bits per heavy atom. The van der Waals surface area contributed by atoms with Crippen LogP contribution in [0.25, 0.3) is 0 Å². The van der Waals surface area contributed by atoms with Gasteiger partial charge in [-0.15, -0.1) is 0 Å². The molecule has 4 rings (SSSR count). The van der Waals surface area contributed by atoms with E-state index in [9.17, 15) is 9.59 Å². The van der Waals surface area contributed by atoms with Gasteiger partial charge in [-0.25, -0.2) is 9.48 Å². The van der Waals surface area contributed by atoms with Crippen LogP contribution in [0.3, 0.4) is 0 Å². The molecule has 0 saturated heterocycles. The number of hydrogen-bond acceptors (Lipinski definition) is 4. The zero-order valence-electron chi connectivity index (χ0n) is 18.2. The summed E-state index contributed by atoms with van der Waals surface area (Å²) in [7, 11) is 0. The number of aryl methyl sites for hydroxylation is 2. The normalized spacial score (nSPS) is 16.2. The number of hydrogen-bond donors (Lipinski definition) is 1. The fourth-order valence-electron chi connectivity index (χ4n) is 3.96. The van der Waals surface area contributed by atoms with Crippen LogP contribution < -0.4 is 11.0 Å². The van der Waals surface area contributed by atoms with Crippen molar-refractivity contribution in [2.24, 2.45) is 5.92 Å².